The molecule has 3 rings (SSSR count). The average molecular weight is 662 g/mol. The van der Waals surface area contributed by atoms with Crippen molar-refractivity contribution in [2.75, 3.05) is 19.6 Å². The zero-order chi connectivity index (χ0) is 35.1. The van der Waals surface area contributed by atoms with Crippen LogP contribution < -0.4 is 38.9 Å². The van der Waals surface area contributed by atoms with E-state index in [1.54, 1.807) is 4.90 Å². The number of hydrogen-bond donors (Lipinski definition) is 7. The van der Waals surface area contributed by atoms with Crippen molar-refractivity contribution >= 4 is 46.3 Å². The first kappa shape index (κ1) is 37.3. The van der Waals surface area contributed by atoms with E-state index in [9.17, 15) is 24.0 Å². The molecular weight excluding hydrogens is 614 g/mol. The normalized spacial score (nSPS) is 15.8. The number of nitrogens with one attached hydrogen (secondary N) is 3. The number of unbranched alkanes of at least 4 members (excludes halogenated alkanes) is 1. The highest BCUT2D eigenvalue weighted by Crippen LogP contribution is 2.23. The lowest BCUT2D eigenvalue weighted by atomic mass is 10.0. The maximum absolute atomic E-state index is 13.7. The van der Waals surface area contributed by atoms with Gasteiger partial charge in [-0.1, -0.05) is 42.5 Å². The van der Waals surface area contributed by atoms with E-state index < -0.39 is 47.8 Å². The van der Waals surface area contributed by atoms with Gasteiger partial charge in [-0.25, -0.2) is 0 Å². The molecule has 1 saturated heterocycles. The number of carbonyl (C=O) groups is 5. The molecule has 1 heterocycles. The number of rotatable bonds is 18. The molecule has 4 atom stereocenters. The van der Waals surface area contributed by atoms with E-state index in [1.807, 2.05) is 42.5 Å². The van der Waals surface area contributed by atoms with Gasteiger partial charge in [-0.3, -0.25) is 29.0 Å². The number of benzene rings is 2. The molecule has 1 fully saturated rings. The van der Waals surface area contributed by atoms with Gasteiger partial charge in [-0.05, 0) is 67.8 Å². The van der Waals surface area contributed by atoms with E-state index >= 15 is 0 Å². The second-order valence-corrected chi connectivity index (χ2v) is 11.8. The van der Waals surface area contributed by atoms with E-state index in [0.29, 0.717) is 45.2 Å². The third-order valence-corrected chi connectivity index (χ3v) is 8.24. The Bertz CT molecular complexity index is 1510. The summed E-state index contributed by atoms with van der Waals surface area (Å²) in [5.74, 6) is -0.579. The topological polar surface area (TPSA) is 241 Å². The SMILES string of the molecule is C#CCC(NC(=O)C(CCCN=C(N)N)NC(=O)C(CCCCN)NC(=O)[C@@H]1CCCN1C(=O)Cc1cccc2ccccc12)C(N)=O. The maximum atomic E-state index is 13.7. The van der Waals surface area contributed by atoms with Gasteiger partial charge in [0.15, 0.2) is 5.96 Å². The standard InChI is InChI=1S/C34H47N9O5/c1-2-10-25(30(36)45)40-31(46)27(16-8-19-39-34(37)38)41-32(47)26(15-5-6-18-35)42-33(48)28-17-9-20-43(28)29(44)21-23-13-7-12-22-11-3-4-14-24(22)23/h1,3-4,7,11-14,25-28H,5-6,8-10,15-21,35H2,(H2,36,45)(H,40,46)(H,41,47)(H,42,48)(H4,37,38,39)/t25?,26?,27?,28-/m0/s1. The first-order valence-electron chi connectivity index (χ1n) is 16.2. The third kappa shape index (κ3) is 11.0. The molecule has 0 spiro atoms. The van der Waals surface area contributed by atoms with E-state index in [0.717, 1.165) is 16.3 Å². The first-order valence-corrected chi connectivity index (χ1v) is 16.2. The summed E-state index contributed by atoms with van der Waals surface area (Å²) in [6.07, 6.45) is 8.20. The second-order valence-electron chi connectivity index (χ2n) is 11.8. The summed E-state index contributed by atoms with van der Waals surface area (Å²) in [5.41, 5.74) is 22.7. The van der Waals surface area contributed by atoms with Gasteiger partial charge in [0.05, 0.1) is 6.42 Å². The van der Waals surface area contributed by atoms with Gasteiger partial charge in [0.25, 0.3) is 0 Å². The van der Waals surface area contributed by atoms with Crippen LogP contribution in [0.15, 0.2) is 47.5 Å². The van der Waals surface area contributed by atoms with Crippen LogP contribution in [0.1, 0.15) is 56.9 Å². The smallest absolute Gasteiger partial charge is 0.243 e. The number of hydrogen-bond acceptors (Lipinski definition) is 7. The monoisotopic (exact) mass is 661 g/mol. The van der Waals surface area contributed by atoms with Crippen LogP contribution in [0.2, 0.25) is 0 Å². The van der Waals surface area contributed by atoms with E-state index in [1.165, 1.54) is 0 Å². The van der Waals surface area contributed by atoms with Gasteiger partial charge >= 0.3 is 0 Å². The Morgan fingerprint density at radius 3 is 2.25 bits per heavy atom. The largest absolute Gasteiger partial charge is 0.370 e. The first-order chi connectivity index (χ1) is 23.0. The molecule has 0 bridgehead atoms. The molecule has 2 aromatic carbocycles. The van der Waals surface area contributed by atoms with Gasteiger partial charge in [0.2, 0.25) is 29.5 Å². The molecular formula is C34H47N9O5. The molecule has 0 aliphatic carbocycles. The lowest BCUT2D eigenvalue weighted by Crippen LogP contribution is -2.57. The number of nitrogens with zero attached hydrogens (tertiary/aromatic N) is 2. The minimum Gasteiger partial charge on any atom is -0.370 e. The fourth-order valence-corrected chi connectivity index (χ4v) is 5.74. The molecule has 0 aromatic heterocycles. The zero-order valence-corrected chi connectivity index (χ0v) is 27.2. The van der Waals surface area contributed by atoms with E-state index in [-0.39, 0.29) is 44.1 Å². The van der Waals surface area contributed by atoms with E-state index in [4.69, 9.17) is 29.4 Å². The average Bonchev–Trinajstić information content (AvgIpc) is 3.56. The Morgan fingerprint density at radius 2 is 1.56 bits per heavy atom. The number of nitrogens with two attached hydrogens (primary N) is 4. The molecule has 14 nitrogen and oxygen atoms in total. The van der Waals surface area contributed by atoms with E-state index in [2.05, 4.69) is 26.9 Å². The van der Waals surface area contributed by atoms with Gasteiger partial charge < -0.3 is 43.8 Å². The van der Waals surface area contributed by atoms with Crippen molar-refractivity contribution in [3.63, 3.8) is 0 Å². The Kier molecular flexibility index (Phi) is 14.7. The van der Waals surface area contributed by atoms with Gasteiger partial charge in [-0.2, -0.15) is 0 Å². The van der Waals surface area contributed by atoms with Crippen molar-refractivity contribution in [1.82, 2.24) is 20.9 Å². The number of aliphatic imine (C=N–C) groups is 1. The summed E-state index contributed by atoms with van der Waals surface area (Å²) in [4.78, 5) is 71.4. The van der Waals surface area contributed by atoms with Crippen LogP contribution in [-0.4, -0.2) is 84.2 Å². The fraction of sp³-hybridized carbons (Fsp3) is 0.471. The summed E-state index contributed by atoms with van der Waals surface area (Å²) in [5, 5.41) is 10.0. The summed E-state index contributed by atoms with van der Waals surface area (Å²) >= 11 is 0. The molecule has 14 heteroatoms. The minimum atomic E-state index is -1.14. The lowest BCUT2D eigenvalue weighted by molar-refractivity contribution is -0.139. The molecule has 5 amide bonds. The fourth-order valence-electron chi connectivity index (χ4n) is 5.74. The Labute approximate surface area is 280 Å². The number of fused-ring (bicyclic) bond motifs is 1. The molecule has 258 valence electrons. The summed E-state index contributed by atoms with van der Waals surface area (Å²) < 4.78 is 0. The number of likely N-dealkylation sites (tertiary alicyclic amines) is 1. The molecule has 48 heavy (non-hydrogen) atoms. The predicted molar refractivity (Wildman–Crippen MR) is 184 cm³/mol. The quantitative estimate of drug-likeness (QED) is 0.0475. The highest BCUT2D eigenvalue weighted by atomic mass is 16.2. The van der Waals surface area contributed by atoms with Crippen molar-refractivity contribution in [3.8, 4) is 12.3 Å². The van der Waals surface area contributed by atoms with Crippen LogP contribution in [0.25, 0.3) is 10.8 Å². The number of carbonyl (C=O) groups excluding carboxylic acids is 5. The maximum Gasteiger partial charge on any atom is 0.243 e. The summed E-state index contributed by atoms with van der Waals surface area (Å²) in [6, 6.07) is 9.57. The summed E-state index contributed by atoms with van der Waals surface area (Å²) in [7, 11) is 0. The van der Waals surface area contributed by atoms with Crippen molar-refractivity contribution in [3.05, 3.63) is 48.0 Å². The Balaban J connectivity index is 1.75. The lowest BCUT2D eigenvalue weighted by Gasteiger charge is -2.28. The van der Waals surface area contributed by atoms with Crippen LogP contribution in [0.3, 0.4) is 0 Å². The molecule has 1 aliphatic rings. The third-order valence-electron chi connectivity index (χ3n) is 8.24. The van der Waals surface area contributed by atoms with Crippen molar-refractivity contribution in [1.29, 1.82) is 0 Å². The number of terminal acetylenes is 1. The van der Waals surface area contributed by atoms with Crippen LogP contribution in [0, 0.1) is 12.3 Å². The van der Waals surface area contributed by atoms with Crippen LogP contribution in [-0.2, 0) is 30.4 Å². The molecule has 2 aromatic rings. The van der Waals surface area contributed by atoms with Crippen LogP contribution in [0.5, 0.6) is 0 Å². The number of amides is 5. The molecule has 11 N–H and O–H groups in total. The van der Waals surface area contributed by atoms with Crippen LogP contribution >= 0.6 is 0 Å². The predicted octanol–water partition coefficient (Wildman–Crippen LogP) is -0.481. The Hall–Kier alpha value is -5.16. The van der Waals surface area contributed by atoms with Crippen molar-refractivity contribution < 1.29 is 24.0 Å². The molecule has 0 radical (unpaired) electrons. The van der Waals surface area contributed by atoms with Gasteiger partial charge in [-0.15, -0.1) is 12.3 Å². The number of primary amides is 1. The number of guanidine groups is 1. The van der Waals surface area contributed by atoms with Gasteiger partial charge in [0, 0.05) is 19.5 Å². The Morgan fingerprint density at radius 1 is 0.896 bits per heavy atom. The molecule has 3 unspecified atom stereocenters. The second kappa shape index (κ2) is 18.9. The highest BCUT2D eigenvalue weighted by molar-refractivity contribution is 5.96. The molecule has 0 saturated carbocycles. The van der Waals surface area contributed by atoms with Crippen molar-refractivity contribution in [2.45, 2.75) is 82.0 Å². The minimum absolute atomic E-state index is 0.110. The molecule has 1 aliphatic heterocycles. The van der Waals surface area contributed by atoms with Gasteiger partial charge in [0.1, 0.15) is 24.2 Å². The highest BCUT2D eigenvalue weighted by Gasteiger charge is 2.36. The zero-order valence-electron chi connectivity index (χ0n) is 27.2. The van der Waals surface area contributed by atoms with Crippen LogP contribution in [0.4, 0.5) is 0 Å². The summed E-state index contributed by atoms with van der Waals surface area (Å²) in [6.45, 7) is 0.996. The van der Waals surface area contributed by atoms with Crippen molar-refractivity contribution in [2.24, 2.45) is 27.9 Å².